The van der Waals surface area contributed by atoms with Gasteiger partial charge in [-0.15, -0.1) is 0 Å². The Labute approximate surface area is 117 Å². The third-order valence-corrected chi connectivity index (χ3v) is 6.98. The van der Waals surface area contributed by atoms with E-state index >= 15 is 0 Å². The van der Waals surface area contributed by atoms with Gasteiger partial charge in [-0.2, -0.15) is 0 Å². The van der Waals surface area contributed by atoms with E-state index in [1.165, 1.54) is 12.3 Å². The van der Waals surface area contributed by atoms with Gasteiger partial charge >= 0.3 is 0 Å². The SMILES string of the molecule is CC(C)(C)[Si](=C(O)[C@H]1OC=C[C@@H](O)[C@@H]1O)C(C)(C)C. The van der Waals surface area contributed by atoms with Gasteiger partial charge in [-0.25, -0.2) is 0 Å². The van der Waals surface area contributed by atoms with Gasteiger partial charge in [0.05, 0.1) is 14.7 Å². The lowest BCUT2D eigenvalue weighted by Crippen LogP contribution is -2.50. The molecule has 3 N–H and O–H groups in total. The lowest BCUT2D eigenvalue weighted by atomic mass is 10.1. The first kappa shape index (κ1) is 16.4. The standard InChI is InChI=1S/C14H26O4Si/c1-13(2,3)19(14(4,5)6)12(17)11-10(16)9(15)7-8-18-11/h7-11,15-17H,1-6H3/t9-,10+,11+/m1/s1. The first-order valence-electron chi connectivity index (χ1n) is 6.58. The van der Waals surface area contributed by atoms with Crippen LogP contribution >= 0.6 is 0 Å². The van der Waals surface area contributed by atoms with Gasteiger partial charge in [-0.1, -0.05) is 41.5 Å². The highest BCUT2D eigenvalue weighted by atomic mass is 28.2. The number of hydrogen-bond donors (Lipinski definition) is 3. The van der Waals surface area contributed by atoms with Crippen molar-refractivity contribution < 1.29 is 20.1 Å². The lowest BCUT2D eigenvalue weighted by molar-refractivity contribution is -0.0391. The first-order chi connectivity index (χ1) is 8.46. The Balaban J connectivity index is 3.28. The van der Waals surface area contributed by atoms with Crippen molar-refractivity contribution in [3.63, 3.8) is 0 Å². The summed E-state index contributed by atoms with van der Waals surface area (Å²) < 4.78 is 5.34. The van der Waals surface area contributed by atoms with E-state index in [2.05, 4.69) is 41.5 Å². The third kappa shape index (κ3) is 3.67. The number of aliphatic hydroxyl groups is 3. The minimum Gasteiger partial charge on any atom is -0.514 e. The van der Waals surface area contributed by atoms with E-state index in [9.17, 15) is 15.3 Å². The first-order valence-corrected chi connectivity index (χ1v) is 8.08. The molecule has 0 aliphatic carbocycles. The van der Waals surface area contributed by atoms with Crippen LogP contribution in [0.15, 0.2) is 12.3 Å². The minimum atomic E-state index is -1.37. The number of hydrogen-bond acceptors (Lipinski definition) is 4. The molecule has 1 heterocycles. The van der Waals surface area contributed by atoms with Crippen molar-refractivity contribution >= 4 is 13.8 Å². The molecule has 0 aromatic heterocycles. The smallest absolute Gasteiger partial charge is 0.177 e. The Hall–Kier alpha value is -0.653. The van der Waals surface area contributed by atoms with Gasteiger partial charge in [0.15, 0.2) is 6.10 Å². The molecule has 3 atom stereocenters. The Bertz CT molecular complexity index is 371. The Morgan fingerprint density at radius 2 is 1.53 bits per heavy atom. The molecule has 0 amide bonds. The third-order valence-electron chi connectivity index (χ3n) is 3.19. The molecule has 1 aliphatic heterocycles. The molecule has 19 heavy (non-hydrogen) atoms. The molecule has 0 unspecified atom stereocenters. The molecule has 0 spiro atoms. The van der Waals surface area contributed by atoms with Crippen LogP contribution in [0.1, 0.15) is 41.5 Å². The summed E-state index contributed by atoms with van der Waals surface area (Å²) in [6, 6.07) is 0. The Morgan fingerprint density at radius 1 is 1.05 bits per heavy atom. The molecule has 5 heteroatoms. The van der Waals surface area contributed by atoms with Crippen LogP contribution in [0.5, 0.6) is 0 Å². The van der Waals surface area contributed by atoms with Gasteiger partial charge in [-0.3, -0.25) is 0 Å². The summed E-state index contributed by atoms with van der Waals surface area (Å²) in [5.74, 6) is 0. The summed E-state index contributed by atoms with van der Waals surface area (Å²) in [5.41, 5.74) is 0. The molecule has 0 saturated carbocycles. The normalized spacial score (nSPS) is 27.9. The Kier molecular flexibility index (Phi) is 4.65. The predicted molar refractivity (Wildman–Crippen MR) is 78.2 cm³/mol. The summed E-state index contributed by atoms with van der Waals surface area (Å²) in [5, 5.41) is 30.3. The van der Waals surface area contributed by atoms with Crippen LogP contribution in [0.2, 0.25) is 10.1 Å². The van der Waals surface area contributed by atoms with Crippen molar-refractivity contribution in [3.05, 3.63) is 12.3 Å². The van der Waals surface area contributed by atoms with Gasteiger partial charge in [0, 0.05) is 0 Å². The molecule has 1 aliphatic rings. The fourth-order valence-electron chi connectivity index (χ4n) is 2.85. The zero-order valence-corrected chi connectivity index (χ0v) is 13.6. The summed E-state index contributed by atoms with van der Waals surface area (Å²) in [4.78, 5) is 0. The maximum absolute atomic E-state index is 10.6. The van der Waals surface area contributed by atoms with Gasteiger partial charge in [-0.05, 0) is 16.2 Å². The van der Waals surface area contributed by atoms with Crippen LogP contribution in [0.25, 0.3) is 0 Å². The molecule has 0 saturated heterocycles. The quantitative estimate of drug-likeness (QED) is 0.643. The van der Waals surface area contributed by atoms with E-state index in [1.54, 1.807) is 0 Å². The summed E-state index contributed by atoms with van der Waals surface area (Å²) in [7, 11) is -1.37. The van der Waals surface area contributed by atoms with E-state index in [0.717, 1.165) is 0 Å². The lowest BCUT2D eigenvalue weighted by Gasteiger charge is -2.37. The zero-order valence-electron chi connectivity index (χ0n) is 12.6. The molecule has 110 valence electrons. The maximum atomic E-state index is 10.6. The van der Waals surface area contributed by atoms with Gasteiger partial charge in [0.25, 0.3) is 0 Å². The van der Waals surface area contributed by atoms with E-state index in [1.807, 2.05) is 0 Å². The summed E-state index contributed by atoms with van der Waals surface area (Å²) in [6.45, 7) is 12.5. The van der Waals surface area contributed by atoms with Crippen molar-refractivity contribution in [1.29, 1.82) is 0 Å². The molecule has 0 fully saturated rings. The topological polar surface area (TPSA) is 69.9 Å². The number of aliphatic hydroxyl groups excluding tert-OH is 3. The van der Waals surface area contributed by atoms with E-state index in [0.29, 0.717) is 0 Å². The zero-order chi connectivity index (χ0) is 15.0. The van der Waals surface area contributed by atoms with Crippen LogP contribution in [0.4, 0.5) is 0 Å². The molecule has 0 aromatic rings. The summed E-state index contributed by atoms with van der Waals surface area (Å²) in [6.07, 6.45) is -0.218. The predicted octanol–water partition coefficient (Wildman–Crippen LogP) is 1.80. The Morgan fingerprint density at radius 3 is 1.95 bits per heavy atom. The van der Waals surface area contributed by atoms with Gasteiger partial charge in [0.2, 0.25) is 0 Å². The van der Waals surface area contributed by atoms with Crippen LogP contribution in [0.3, 0.4) is 0 Å². The number of rotatable bonds is 1. The summed E-state index contributed by atoms with van der Waals surface area (Å²) >= 11 is 0. The van der Waals surface area contributed by atoms with Crippen LogP contribution < -0.4 is 0 Å². The highest BCUT2D eigenvalue weighted by Gasteiger charge is 2.40. The molecule has 0 aromatic carbocycles. The van der Waals surface area contributed by atoms with Gasteiger partial charge in [0.1, 0.15) is 17.6 Å². The van der Waals surface area contributed by atoms with Crippen molar-refractivity contribution in [2.75, 3.05) is 0 Å². The second kappa shape index (κ2) is 5.38. The molecule has 0 bridgehead atoms. The fraction of sp³-hybridized carbons (Fsp3) is 0.786. The molecule has 1 rings (SSSR count). The highest BCUT2D eigenvalue weighted by molar-refractivity contribution is 6.74. The van der Waals surface area contributed by atoms with Crippen molar-refractivity contribution in [2.24, 2.45) is 0 Å². The molecule has 0 radical (unpaired) electrons. The average Bonchev–Trinajstić information content (AvgIpc) is 2.17. The van der Waals surface area contributed by atoms with Crippen LogP contribution in [0, 0.1) is 0 Å². The van der Waals surface area contributed by atoms with E-state index < -0.39 is 26.7 Å². The van der Waals surface area contributed by atoms with Crippen LogP contribution in [-0.4, -0.2) is 47.4 Å². The van der Waals surface area contributed by atoms with Crippen LogP contribution in [-0.2, 0) is 4.74 Å². The fourth-order valence-corrected chi connectivity index (χ4v) is 7.16. The van der Waals surface area contributed by atoms with E-state index in [4.69, 9.17) is 4.74 Å². The molecular weight excluding hydrogens is 260 g/mol. The minimum absolute atomic E-state index is 0.0812. The second-order valence-corrected chi connectivity index (χ2v) is 11.4. The average molecular weight is 286 g/mol. The molecule has 4 nitrogen and oxygen atoms in total. The monoisotopic (exact) mass is 286 g/mol. The second-order valence-electron chi connectivity index (χ2n) is 7.13. The van der Waals surface area contributed by atoms with Crippen molar-refractivity contribution in [1.82, 2.24) is 0 Å². The van der Waals surface area contributed by atoms with Crippen molar-refractivity contribution in [3.8, 4) is 0 Å². The molecular formula is C14H26O4Si. The van der Waals surface area contributed by atoms with Crippen molar-refractivity contribution in [2.45, 2.75) is 69.9 Å². The van der Waals surface area contributed by atoms with Gasteiger partial charge < -0.3 is 20.1 Å². The highest BCUT2D eigenvalue weighted by Crippen LogP contribution is 2.39. The number of ether oxygens (including phenoxy) is 1. The largest absolute Gasteiger partial charge is 0.514 e. The van der Waals surface area contributed by atoms with E-state index in [-0.39, 0.29) is 15.4 Å². The maximum Gasteiger partial charge on any atom is 0.177 e.